The van der Waals surface area contributed by atoms with E-state index in [0.29, 0.717) is 6.42 Å². The van der Waals surface area contributed by atoms with Gasteiger partial charge in [0.1, 0.15) is 5.60 Å². The average molecular weight is 256 g/mol. The molecule has 0 aromatic heterocycles. The summed E-state index contributed by atoms with van der Waals surface area (Å²) in [5.74, 6) is 0. The maximum absolute atomic E-state index is 12.0. The molecule has 0 bridgehead atoms. The standard InChI is InChI=1S/C13H24N2O3/c1-13(2,3)18-12(16)15(4)11-8-6-5-7-10(9-11)14-17/h11,17H,5-9H2,1-4H3/b14-10-. The monoisotopic (exact) mass is 256 g/mol. The van der Waals surface area contributed by atoms with Crippen molar-refractivity contribution in [3.05, 3.63) is 0 Å². The zero-order valence-corrected chi connectivity index (χ0v) is 11.8. The molecule has 0 aromatic carbocycles. The molecular weight excluding hydrogens is 232 g/mol. The molecule has 0 spiro atoms. The van der Waals surface area contributed by atoms with E-state index in [1.54, 1.807) is 11.9 Å². The van der Waals surface area contributed by atoms with Crippen LogP contribution >= 0.6 is 0 Å². The van der Waals surface area contributed by atoms with Crippen LogP contribution in [0.5, 0.6) is 0 Å². The Morgan fingerprint density at radius 1 is 1.44 bits per heavy atom. The molecule has 1 amide bonds. The highest BCUT2D eigenvalue weighted by molar-refractivity contribution is 5.85. The van der Waals surface area contributed by atoms with Crippen molar-refractivity contribution >= 4 is 11.8 Å². The Morgan fingerprint density at radius 3 is 2.67 bits per heavy atom. The molecule has 18 heavy (non-hydrogen) atoms. The van der Waals surface area contributed by atoms with Crippen LogP contribution in [0.3, 0.4) is 0 Å². The minimum absolute atomic E-state index is 0.0632. The highest BCUT2D eigenvalue weighted by Gasteiger charge is 2.27. The predicted molar refractivity (Wildman–Crippen MR) is 70.1 cm³/mol. The van der Waals surface area contributed by atoms with Crippen LogP contribution in [0.1, 0.15) is 52.9 Å². The molecule has 1 N–H and O–H groups in total. The van der Waals surface area contributed by atoms with Crippen LogP contribution in [0, 0.1) is 0 Å². The number of oxime groups is 1. The first-order chi connectivity index (χ1) is 8.33. The minimum Gasteiger partial charge on any atom is -0.444 e. The molecule has 1 aliphatic carbocycles. The molecular formula is C13H24N2O3. The minimum atomic E-state index is -0.482. The zero-order chi connectivity index (χ0) is 13.8. The zero-order valence-electron chi connectivity index (χ0n) is 11.8. The maximum Gasteiger partial charge on any atom is 0.410 e. The Hall–Kier alpha value is -1.26. The molecule has 1 aliphatic rings. The Labute approximate surface area is 109 Å². The van der Waals surface area contributed by atoms with Crippen molar-refractivity contribution in [3.63, 3.8) is 0 Å². The summed E-state index contributed by atoms with van der Waals surface area (Å²) in [6, 6.07) is 0.0632. The summed E-state index contributed by atoms with van der Waals surface area (Å²) in [4.78, 5) is 13.6. The summed E-state index contributed by atoms with van der Waals surface area (Å²) in [5.41, 5.74) is 0.289. The quantitative estimate of drug-likeness (QED) is 0.445. The van der Waals surface area contributed by atoms with Gasteiger partial charge >= 0.3 is 6.09 Å². The van der Waals surface area contributed by atoms with Crippen molar-refractivity contribution in [2.45, 2.75) is 64.5 Å². The van der Waals surface area contributed by atoms with Gasteiger partial charge in [-0.05, 0) is 40.0 Å². The molecule has 0 radical (unpaired) electrons. The van der Waals surface area contributed by atoms with Gasteiger partial charge in [-0.1, -0.05) is 11.6 Å². The van der Waals surface area contributed by atoms with Crippen molar-refractivity contribution in [2.75, 3.05) is 7.05 Å². The number of ether oxygens (including phenoxy) is 1. The summed E-state index contributed by atoms with van der Waals surface area (Å²) < 4.78 is 5.35. The Morgan fingerprint density at radius 2 is 2.11 bits per heavy atom. The van der Waals surface area contributed by atoms with E-state index in [1.807, 2.05) is 20.8 Å². The number of amides is 1. The second-order valence-electron chi connectivity index (χ2n) is 5.86. The van der Waals surface area contributed by atoms with E-state index in [4.69, 9.17) is 9.94 Å². The van der Waals surface area contributed by atoms with E-state index in [1.165, 1.54) is 0 Å². The normalized spacial score (nSPS) is 23.6. The maximum atomic E-state index is 12.0. The first kappa shape index (κ1) is 14.8. The Balaban J connectivity index is 2.64. The van der Waals surface area contributed by atoms with E-state index in [0.717, 1.165) is 31.4 Å². The third kappa shape index (κ3) is 4.55. The molecule has 0 heterocycles. The summed E-state index contributed by atoms with van der Waals surface area (Å²) in [6.45, 7) is 5.56. The van der Waals surface area contributed by atoms with Crippen LogP contribution in [-0.4, -0.2) is 40.6 Å². The van der Waals surface area contributed by atoms with E-state index in [-0.39, 0.29) is 12.1 Å². The van der Waals surface area contributed by atoms with Gasteiger partial charge < -0.3 is 14.8 Å². The molecule has 0 aliphatic heterocycles. The lowest BCUT2D eigenvalue weighted by atomic mass is 10.1. The van der Waals surface area contributed by atoms with Crippen LogP contribution in [0.4, 0.5) is 4.79 Å². The van der Waals surface area contributed by atoms with E-state index in [2.05, 4.69) is 5.16 Å². The molecule has 1 fully saturated rings. The second-order valence-corrected chi connectivity index (χ2v) is 5.86. The molecule has 1 rings (SSSR count). The van der Waals surface area contributed by atoms with Gasteiger partial charge in [-0.25, -0.2) is 4.79 Å². The Kier molecular flexibility index (Phi) is 4.99. The summed E-state index contributed by atoms with van der Waals surface area (Å²) >= 11 is 0. The van der Waals surface area contributed by atoms with Crippen molar-refractivity contribution < 1.29 is 14.7 Å². The van der Waals surface area contributed by atoms with Gasteiger partial charge in [-0.15, -0.1) is 0 Å². The van der Waals surface area contributed by atoms with Crippen LogP contribution in [-0.2, 0) is 4.74 Å². The number of hydrogen-bond acceptors (Lipinski definition) is 4. The largest absolute Gasteiger partial charge is 0.444 e. The van der Waals surface area contributed by atoms with Crippen molar-refractivity contribution in [1.29, 1.82) is 0 Å². The highest BCUT2D eigenvalue weighted by atomic mass is 16.6. The predicted octanol–water partition coefficient (Wildman–Crippen LogP) is 3.02. The van der Waals surface area contributed by atoms with Gasteiger partial charge in [0, 0.05) is 19.5 Å². The molecule has 1 unspecified atom stereocenters. The topological polar surface area (TPSA) is 62.1 Å². The lowest BCUT2D eigenvalue weighted by Gasteiger charge is -2.30. The summed E-state index contributed by atoms with van der Waals surface area (Å²) in [7, 11) is 1.75. The SMILES string of the molecule is CN(C(=O)OC(C)(C)C)C1CCCC/C(=N/O)C1. The van der Waals surface area contributed by atoms with Gasteiger partial charge in [-0.2, -0.15) is 0 Å². The third-order valence-corrected chi connectivity index (χ3v) is 3.09. The van der Waals surface area contributed by atoms with Crippen molar-refractivity contribution in [2.24, 2.45) is 5.16 Å². The van der Waals surface area contributed by atoms with E-state index < -0.39 is 5.60 Å². The molecule has 1 atom stereocenters. The number of carbonyl (C=O) groups excluding carboxylic acids is 1. The van der Waals surface area contributed by atoms with Crippen LogP contribution < -0.4 is 0 Å². The van der Waals surface area contributed by atoms with Crippen molar-refractivity contribution in [1.82, 2.24) is 4.90 Å². The van der Waals surface area contributed by atoms with Gasteiger partial charge in [0.25, 0.3) is 0 Å². The van der Waals surface area contributed by atoms with Gasteiger partial charge in [-0.3, -0.25) is 0 Å². The van der Waals surface area contributed by atoms with Gasteiger partial charge in [0.05, 0.1) is 5.71 Å². The van der Waals surface area contributed by atoms with Crippen LogP contribution in [0.2, 0.25) is 0 Å². The number of rotatable bonds is 1. The molecule has 0 aromatic rings. The summed E-state index contributed by atoms with van der Waals surface area (Å²) in [5, 5.41) is 12.2. The average Bonchev–Trinajstić information content (AvgIpc) is 2.50. The molecule has 5 nitrogen and oxygen atoms in total. The molecule has 1 saturated carbocycles. The fourth-order valence-electron chi connectivity index (χ4n) is 2.09. The molecule has 5 heteroatoms. The number of hydrogen-bond donors (Lipinski definition) is 1. The lowest BCUT2D eigenvalue weighted by Crippen LogP contribution is -2.41. The van der Waals surface area contributed by atoms with Crippen LogP contribution in [0.15, 0.2) is 5.16 Å². The van der Waals surface area contributed by atoms with Gasteiger partial charge in [0.15, 0.2) is 0 Å². The van der Waals surface area contributed by atoms with E-state index >= 15 is 0 Å². The second kappa shape index (κ2) is 6.07. The fourth-order valence-corrected chi connectivity index (χ4v) is 2.09. The lowest BCUT2D eigenvalue weighted by molar-refractivity contribution is 0.0220. The summed E-state index contributed by atoms with van der Waals surface area (Å²) in [6.07, 6.45) is 4.11. The Bertz CT molecular complexity index is 321. The highest BCUT2D eigenvalue weighted by Crippen LogP contribution is 2.21. The van der Waals surface area contributed by atoms with Crippen molar-refractivity contribution in [3.8, 4) is 0 Å². The van der Waals surface area contributed by atoms with Crippen LogP contribution in [0.25, 0.3) is 0 Å². The van der Waals surface area contributed by atoms with E-state index in [9.17, 15) is 4.79 Å². The third-order valence-electron chi connectivity index (χ3n) is 3.09. The fraction of sp³-hybridized carbons (Fsp3) is 0.846. The first-order valence-electron chi connectivity index (χ1n) is 6.49. The molecule has 104 valence electrons. The smallest absolute Gasteiger partial charge is 0.410 e. The van der Waals surface area contributed by atoms with Gasteiger partial charge in [0.2, 0.25) is 0 Å². The first-order valence-corrected chi connectivity index (χ1v) is 6.49. The number of carbonyl (C=O) groups is 1. The number of nitrogens with zero attached hydrogens (tertiary/aromatic N) is 2. The molecule has 0 saturated heterocycles.